The first-order valence-electron chi connectivity index (χ1n) is 6.53. The summed E-state index contributed by atoms with van der Waals surface area (Å²) in [5, 5.41) is 4.52. The van der Waals surface area contributed by atoms with Gasteiger partial charge in [-0.2, -0.15) is 5.10 Å². The molecule has 0 bridgehead atoms. The summed E-state index contributed by atoms with van der Waals surface area (Å²) in [6, 6.07) is 0. The van der Waals surface area contributed by atoms with Gasteiger partial charge in [0.1, 0.15) is 0 Å². The van der Waals surface area contributed by atoms with Crippen molar-refractivity contribution in [3.63, 3.8) is 0 Å². The Morgan fingerprint density at radius 3 is 2.63 bits per heavy atom. The van der Waals surface area contributed by atoms with Crippen molar-refractivity contribution in [3.05, 3.63) is 15.9 Å². The van der Waals surface area contributed by atoms with Gasteiger partial charge in [0.2, 0.25) is 0 Å². The van der Waals surface area contributed by atoms with Crippen LogP contribution < -0.4 is 5.73 Å². The highest BCUT2D eigenvalue weighted by Crippen LogP contribution is 2.30. The van der Waals surface area contributed by atoms with Crippen molar-refractivity contribution in [2.45, 2.75) is 45.2 Å². The van der Waals surface area contributed by atoms with E-state index in [4.69, 9.17) is 5.73 Å². The third-order valence-corrected chi connectivity index (χ3v) is 6.39. The first kappa shape index (κ1) is 15.0. The number of nitrogens with zero attached hydrogens (tertiary/aromatic N) is 2. The molecule has 1 saturated heterocycles. The molecule has 2 rings (SSSR count). The standard InChI is InChI=1S/C12H20BrN3O2S/c1-3-9-11(13)10(16(4-2)15-9)7-12(14)5-6-19(17,18)8-12/h3-8,14H2,1-2H3. The molecule has 1 unspecified atom stereocenters. The molecule has 1 aliphatic heterocycles. The molecule has 0 amide bonds. The minimum Gasteiger partial charge on any atom is -0.324 e. The van der Waals surface area contributed by atoms with Crippen LogP contribution in [0.25, 0.3) is 0 Å². The van der Waals surface area contributed by atoms with E-state index in [9.17, 15) is 8.42 Å². The highest BCUT2D eigenvalue weighted by atomic mass is 79.9. The molecule has 108 valence electrons. The monoisotopic (exact) mass is 349 g/mol. The maximum atomic E-state index is 11.6. The van der Waals surface area contributed by atoms with Crippen LogP contribution in [-0.2, 0) is 29.2 Å². The van der Waals surface area contributed by atoms with Crippen LogP contribution in [0.4, 0.5) is 0 Å². The first-order valence-corrected chi connectivity index (χ1v) is 9.15. The summed E-state index contributed by atoms with van der Waals surface area (Å²) in [4.78, 5) is 0. The molecule has 1 aromatic rings. The zero-order chi connectivity index (χ0) is 14.3. The molecular formula is C12H20BrN3O2S. The summed E-state index contributed by atoms with van der Waals surface area (Å²) < 4.78 is 26.1. The number of aryl methyl sites for hydroxylation is 2. The van der Waals surface area contributed by atoms with E-state index >= 15 is 0 Å². The van der Waals surface area contributed by atoms with Crippen LogP contribution in [0.3, 0.4) is 0 Å². The topological polar surface area (TPSA) is 78.0 Å². The summed E-state index contributed by atoms with van der Waals surface area (Å²) in [6.07, 6.45) is 1.92. The van der Waals surface area contributed by atoms with Crippen LogP contribution in [0.5, 0.6) is 0 Å². The van der Waals surface area contributed by atoms with Crippen LogP contribution >= 0.6 is 15.9 Å². The van der Waals surface area contributed by atoms with E-state index in [1.165, 1.54) is 0 Å². The second-order valence-electron chi connectivity index (χ2n) is 5.26. The lowest BCUT2D eigenvalue weighted by Gasteiger charge is -2.22. The Labute approximate surface area is 122 Å². The van der Waals surface area contributed by atoms with E-state index in [1.807, 2.05) is 11.6 Å². The molecule has 0 aromatic carbocycles. The van der Waals surface area contributed by atoms with Crippen molar-refractivity contribution in [2.75, 3.05) is 11.5 Å². The number of hydrogen-bond donors (Lipinski definition) is 1. The minimum absolute atomic E-state index is 0.0722. The van der Waals surface area contributed by atoms with Gasteiger partial charge < -0.3 is 5.73 Å². The van der Waals surface area contributed by atoms with Gasteiger partial charge in [0.05, 0.1) is 27.4 Å². The third-order valence-electron chi connectivity index (χ3n) is 3.63. The van der Waals surface area contributed by atoms with E-state index in [0.29, 0.717) is 12.8 Å². The molecule has 0 radical (unpaired) electrons. The molecule has 1 fully saturated rings. The Kier molecular flexibility index (Phi) is 4.09. The van der Waals surface area contributed by atoms with Crippen LogP contribution in [0.1, 0.15) is 31.7 Å². The number of rotatable bonds is 4. The summed E-state index contributed by atoms with van der Waals surface area (Å²) >= 11 is 3.57. The third kappa shape index (κ3) is 3.03. The molecular weight excluding hydrogens is 330 g/mol. The van der Waals surface area contributed by atoms with Gasteiger partial charge in [0.15, 0.2) is 9.84 Å². The first-order chi connectivity index (χ1) is 8.80. The van der Waals surface area contributed by atoms with Crippen LogP contribution in [0, 0.1) is 0 Å². The molecule has 5 nitrogen and oxygen atoms in total. The predicted octanol–water partition coefficient (Wildman–Crippen LogP) is 1.29. The lowest BCUT2D eigenvalue weighted by molar-refractivity contribution is 0.452. The van der Waals surface area contributed by atoms with Gasteiger partial charge in [-0.1, -0.05) is 6.92 Å². The molecule has 0 spiro atoms. The lowest BCUT2D eigenvalue weighted by Crippen LogP contribution is -2.43. The molecule has 1 atom stereocenters. The van der Waals surface area contributed by atoms with Crippen molar-refractivity contribution in [2.24, 2.45) is 5.73 Å². The van der Waals surface area contributed by atoms with E-state index in [-0.39, 0.29) is 11.5 Å². The Morgan fingerprint density at radius 1 is 1.47 bits per heavy atom. The van der Waals surface area contributed by atoms with Gasteiger partial charge in [-0.25, -0.2) is 8.42 Å². The van der Waals surface area contributed by atoms with Gasteiger partial charge in [0, 0.05) is 18.5 Å². The number of hydrogen-bond acceptors (Lipinski definition) is 4. The molecule has 0 saturated carbocycles. The van der Waals surface area contributed by atoms with Crippen molar-refractivity contribution in [1.82, 2.24) is 9.78 Å². The molecule has 2 N–H and O–H groups in total. The van der Waals surface area contributed by atoms with Crippen LogP contribution in [-0.4, -0.2) is 35.2 Å². The van der Waals surface area contributed by atoms with Gasteiger partial charge >= 0.3 is 0 Å². The average molecular weight is 350 g/mol. The Hall–Kier alpha value is -0.400. The fourth-order valence-corrected chi connectivity index (χ4v) is 5.29. The van der Waals surface area contributed by atoms with Gasteiger partial charge in [-0.05, 0) is 35.7 Å². The largest absolute Gasteiger partial charge is 0.324 e. The Bertz CT molecular complexity index is 582. The second-order valence-corrected chi connectivity index (χ2v) is 8.23. The fourth-order valence-electron chi connectivity index (χ4n) is 2.60. The highest BCUT2D eigenvalue weighted by Gasteiger charge is 2.40. The second kappa shape index (κ2) is 5.18. The Balaban J connectivity index is 2.31. The average Bonchev–Trinajstić information content (AvgIpc) is 2.78. The van der Waals surface area contributed by atoms with Crippen molar-refractivity contribution in [3.8, 4) is 0 Å². The summed E-state index contributed by atoms with van der Waals surface area (Å²) in [7, 11) is -2.98. The van der Waals surface area contributed by atoms with E-state index in [1.54, 1.807) is 0 Å². The van der Waals surface area contributed by atoms with Crippen molar-refractivity contribution in [1.29, 1.82) is 0 Å². The highest BCUT2D eigenvalue weighted by molar-refractivity contribution is 9.10. The van der Waals surface area contributed by atoms with Gasteiger partial charge in [-0.15, -0.1) is 0 Å². The van der Waals surface area contributed by atoms with Crippen molar-refractivity contribution >= 4 is 25.8 Å². The molecule has 19 heavy (non-hydrogen) atoms. The molecule has 1 aliphatic rings. The maximum Gasteiger partial charge on any atom is 0.152 e. The summed E-state index contributed by atoms with van der Waals surface area (Å²) in [5.74, 6) is 0.269. The summed E-state index contributed by atoms with van der Waals surface area (Å²) in [6.45, 7) is 4.84. The summed E-state index contributed by atoms with van der Waals surface area (Å²) in [5.41, 5.74) is 7.63. The predicted molar refractivity (Wildman–Crippen MR) is 78.9 cm³/mol. The van der Waals surface area contributed by atoms with Crippen LogP contribution in [0.2, 0.25) is 0 Å². The van der Waals surface area contributed by atoms with E-state index in [2.05, 4.69) is 28.0 Å². The van der Waals surface area contributed by atoms with Crippen molar-refractivity contribution < 1.29 is 8.42 Å². The van der Waals surface area contributed by atoms with E-state index in [0.717, 1.165) is 28.8 Å². The van der Waals surface area contributed by atoms with E-state index < -0.39 is 15.4 Å². The maximum absolute atomic E-state index is 11.6. The molecule has 2 heterocycles. The number of sulfone groups is 1. The SMILES string of the molecule is CCc1nn(CC)c(CC2(N)CCS(=O)(=O)C2)c1Br. The zero-order valence-electron chi connectivity index (χ0n) is 11.3. The molecule has 7 heteroatoms. The fraction of sp³-hybridized carbons (Fsp3) is 0.750. The quantitative estimate of drug-likeness (QED) is 0.888. The minimum atomic E-state index is -2.98. The van der Waals surface area contributed by atoms with Crippen LogP contribution in [0.15, 0.2) is 4.47 Å². The van der Waals surface area contributed by atoms with Gasteiger partial charge in [0.25, 0.3) is 0 Å². The normalized spacial score (nSPS) is 25.9. The smallest absolute Gasteiger partial charge is 0.152 e. The number of nitrogens with two attached hydrogens (primary N) is 1. The molecule has 1 aromatic heterocycles. The van der Waals surface area contributed by atoms with Gasteiger partial charge in [-0.3, -0.25) is 4.68 Å². The number of aromatic nitrogens is 2. The molecule has 0 aliphatic carbocycles. The number of halogens is 1. The lowest BCUT2D eigenvalue weighted by atomic mass is 9.94. The Morgan fingerprint density at radius 2 is 2.16 bits per heavy atom. The zero-order valence-corrected chi connectivity index (χ0v) is 13.7.